The van der Waals surface area contributed by atoms with E-state index >= 15 is 0 Å². The molecule has 1 fully saturated rings. The van der Waals surface area contributed by atoms with Crippen molar-refractivity contribution in [2.45, 2.75) is 39.5 Å². The second kappa shape index (κ2) is 12.5. The number of aromatic nitrogens is 2. The number of carbonyl (C=O) groups excluding carboxylic acids is 1. The Balaban J connectivity index is 1.41. The number of nitrogens with one attached hydrogen (secondary N) is 1. The van der Waals surface area contributed by atoms with Crippen molar-refractivity contribution in [3.8, 4) is 0 Å². The topological polar surface area (TPSA) is 125 Å². The number of amides is 1. The number of carbonyl (C=O) groups is 1. The van der Waals surface area contributed by atoms with Crippen LogP contribution in [0.3, 0.4) is 0 Å². The lowest BCUT2D eigenvalue weighted by Gasteiger charge is -2.36. The van der Waals surface area contributed by atoms with E-state index in [1.54, 1.807) is 18.6 Å². The highest BCUT2D eigenvalue weighted by molar-refractivity contribution is 6.35. The van der Waals surface area contributed by atoms with Crippen LogP contribution in [0.25, 0.3) is 0 Å². The minimum Gasteiger partial charge on any atom is -0.398 e. The zero-order valence-corrected chi connectivity index (χ0v) is 24.8. The molecule has 2 aromatic heterocycles. The van der Waals surface area contributed by atoms with E-state index in [4.69, 9.17) is 40.1 Å². The molecule has 4 rings (SSSR count). The summed E-state index contributed by atoms with van der Waals surface area (Å²) in [7, 11) is 0. The summed E-state index contributed by atoms with van der Waals surface area (Å²) < 4.78 is 0. The zero-order valence-electron chi connectivity index (χ0n) is 23.3. The first-order chi connectivity index (χ1) is 19.0. The van der Waals surface area contributed by atoms with Crippen molar-refractivity contribution < 1.29 is 4.79 Å². The third-order valence-corrected chi connectivity index (χ3v) is 8.09. The van der Waals surface area contributed by atoms with Gasteiger partial charge in [-0.2, -0.15) is 0 Å². The molecule has 40 heavy (non-hydrogen) atoms. The molecule has 1 aliphatic heterocycles. The van der Waals surface area contributed by atoms with Crippen molar-refractivity contribution in [3.05, 3.63) is 81.2 Å². The molecule has 0 saturated carbocycles. The maximum Gasteiger partial charge on any atom is 0.223 e. The molecule has 0 radical (unpaired) electrons. The third-order valence-electron chi connectivity index (χ3n) is 7.49. The van der Waals surface area contributed by atoms with E-state index in [-0.39, 0.29) is 17.2 Å². The van der Waals surface area contributed by atoms with Crippen LogP contribution in [0.2, 0.25) is 10.0 Å². The Kier molecular flexibility index (Phi) is 9.33. The molecule has 1 aromatic carbocycles. The second-order valence-electron chi connectivity index (χ2n) is 11.2. The predicted octanol–water partition coefficient (Wildman–Crippen LogP) is 5.15. The smallest absolute Gasteiger partial charge is 0.223 e. The SMILES string of the molecule is C[C@@H](Cc1ccc(N)c(C(=N)c2ccc(N3CCN(C(=O)CC(C)(C)CN)CC3)nc2)c1)c1c(Cl)cncc1Cl. The second-order valence-corrected chi connectivity index (χ2v) is 12.1. The predicted molar refractivity (Wildman–Crippen MR) is 164 cm³/mol. The van der Waals surface area contributed by atoms with Crippen LogP contribution in [0.4, 0.5) is 11.5 Å². The fourth-order valence-electron chi connectivity index (χ4n) is 4.95. The zero-order chi connectivity index (χ0) is 29.0. The molecule has 1 aliphatic rings. The van der Waals surface area contributed by atoms with Crippen LogP contribution in [0, 0.1) is 10.8 Å². The molecule has 0 unspecified atom stereocenters. The highest BCUT2D eigenvalue weighted by Gasteiger charge is 2.27. The number of piperazine rings is 1. The Labute approximate surface area is 246 Å². The van der Waals surface area contributed by atoms with Gasteiger partial charge in [0.2, 0.25) is 5.91 Å². The molecular formula is C30H37Cl2N7O. The number of pyridine rings is 2. The van der Waals surface area contributed by atoms with E-state index < -0.39 is 0 Å². The first-order valence-electron chi connectivity index (χ1n) is 13.4. The average molecular weight is 583 g/mol. The standard InChI is InChI=1S/C30H37Cl2N7O/c1-19(28-23(31)16-36-17-24(28)32)12-20-4-6-25(34)22(13-20)29(35)21-5-7-26(37-15-21)38-8-10-39(11-9-38)27(40)14-30(2,3)18-33/h4-7,13,15-17,19,35H,8-12,14,18,33-34H2,1-3H3/t19-/m0/s1. The van der Waals surface area contributed by atoms with Crippen molar-refractivity contribution in [2.75, 3.05) is 43.4 Å². The van der Waals surface area contributed by atoms with Gasteiger partial charge in [0.15, 0.2) is 0 Å². The number of nitrogens with two attached hydrogens (primary N) is 2. The van der Waals surface area contributed by atoms with Crippen molar-refractivity contribution in [1.82, 2.24) is 14.9 Å². The number of hydrogen-bond donors (Lipinski definition) is 3. The number of halogens is 2. The summed E-state index contributed by atoms with van der Waals surface area (Å²) in [5.74, 6) is 1.03. The van der Waals surface area contributed by atoms with Gasteiger partial charge in [0.25, 0.3) is 0 Å². The van der Waals surface area contributed by atoms with E-state index in [9.17, 15) is 4.79 Å². The third kappa shape index (κ3) is 6.92. The van der Waals surface area contributed by atoms with Crippen molar-refractivity contribution in [3.63, 3.8) is 0 Å². The van der Waals surface area contributed by atoms with Crippen LogP contribution in [0.1, 0.15) is 55.4 Å². The van der Waals surface area contributed by atoms with Gasteiger partial charge in [0, 0.05) is 68.0 Å². The first kappa shape index (κ1) is 29.8. The van der Waals surface area contributed by atoms with Crippen molar-refractivity contribution in [2.24, 2.45) is 11.1 Å². The van der Waals surface area contributed by atoms with Gasteiger partial charge in [0.1, 0.15) is 5.82 Å². The Morgan fingerprint density at radius 3 is 2.35 bits per heavy atom. The molecule has 8 nitrogen and oxygen atoms in total. The fraction of sp³-hybridized carbons (Fsp3) is 0.400. The molecule has 0 aliphatic carbocycles. The van der Waals surface area contributed by atoms with Crippen LogP contribution >= 0.6 is 23.2 Å². The highest BCUT2D eigenvalue weighted by Crippen LogP contribution is 2.33. The summed E-state index contributed by atoms with van der Waals surface area (Å²) >= 11 is 12.7. The number of hydrogen-bond acceptors (Lipinski definition) is 7. The maximum absolute atomic E-state index is 12.7. The van der Waals surface area contributed by atoms with E-state index in [0.717, 1.165) is 16.9 Å². The number of nitrogen functional groups attached to an aromatic ring is 1. The molecule has 3 aromatic rings. The Hall–Kier alpha value is -3.20. The van der Waals surface area contributed by atoms with E-state index in [0.29, 0.717) is 78.1 Å². The van der Waals surface area contributed by atoms with E-state index in [1.165, 1.54) is 0 Å². The average Bonchev–Trinajstić information content (AvgIpc) is 2.93. The molecular weight excluding hydrogens is 545 g/mol. The van der Waals surface area contributed by atoms with Crippen LogP contribution in [0.5, 0.6) is 0 Å². The Morgan fingerprint density at radius 1 is 1.07 bits per heavy atom. The maximum atomic E-state index is 12.7. The van der Waals surface area contributed by atoms with E-state index in [1.807, 2.05) is 49.1 Å². The Bertz CT molecular complexity index is 1350. The van der Waals surface area contributed by atoms with Gasteiger partial charge >= 0.3 is 0 Å². The number of anilines is 2. The summed E-state index contributed by atoms with van der Waals surface area (Å²) in [6, 6.07) is 9.58. The van der Waals surface area contributed by atoms with Crippen LogP contribution < -0.4 is 16.4 Å². The minimum absolute atomic E-state index is 0.0533. The monoisotopic (exact) mass is 581 g/mol. The molecule has 0 spiro atoms. The quantitative estimate of drug-likeness (QED) is 0.237. The first-order valence-corrected chi connectivity index (χ1v) is 14.2. The lowest BCUT2D eigenvalue weighted by atomic mass is 9.89. The van der Waals surface area contributed by atoms with Gasteiger partial charge in [-0.05, 0) is 59.7 Å². The van der Waals surface area contributed by atoms with Crippen LogP contribution in [0.15, 0.2) is 48.9 Å². The van der Waals surface area contributed by atoms with E-state index in [2.05, 4.69) is 21.8 Å². The van der Waals surface area contributed by atoms with Crippen LogP contribution in [-0.4, -0.2) is 59.2 Å². The largest absolute Gasteiger partial charge is 0.398 e. The lowest BCUT2D eigenvalue weighted by molar-refractivity contribution is -0.133. The van der Waals surface area contributed by atoms with Gasteiger partial charge in [-0.1, -0.05) is 50.0 Å². The summed E-state index contributed by atoms with van der Waals surface area (Å²) in [6.45, 7) is 9.29. The number of nitrogens with zero attached hydrogens (tertiary/aromatic N) is 4. The molecule has 5 N–H and O–H groups in total. The molecule has 10 heteroatoms. The van der Waals surface area contributed by atoms with Crippen LogP contribution in [-0.2, 0) is 11.2 Å². The lowest BCUT2D eigenvalue weighted by Crippen LogP contribution is -2.50. The molecule has 3 heterocycles. The normalized spacial score (nSPS) is 14.8. The molecule has 212 valence electrons. The van der Waals surface area contributed by atoms with Crippen molar-refractivity contribution >= 4 is 46.3 Å². The summed E-state index contributed by atoms with van der Waals surface area (Å²) in [5.41, 5.74) is 15.9. The van der Waals surface area contributed by atoms with Gasteiger partial charge in [-0.25, -0.2) is 4.98 Å². The van der Waals surface area contributed by atoms with Gasteiger partial charge in [-0.3, -0.25) is 15.2 Å². The minimum atomic E-state index is -0.196. The van der Waals surface area contributed by atoms with Gasteiger partial charge in [-0.15, -0.1) is 0 Å². The van der Waals surface area contributed by atoms with Gasteiger partial charge in [0.05, 0.1) is 15.8 Å². The number of benzene rings is 1. The summed E-state index contributed by atoms with van der Waals surface area (Å²) in [6.07, 6.45) is 6.05. The summed E-state index contributed by atoms with van der Waals surface area (Å²) in [4.78, 5) is 25.4. The molecule has 1 atom stereocenters. The molecule has 1 amide bonds. The fourth-order valence-corrected chi connectivity index (χ4v) is 5.69. The Morgan fingerprint density at radius 2 is 1.75 bits per heavy atom. The molecule has 0 bridgehead atoms. The van der Waals surface area contributed by atoms with Crippen molar-refractivity contribution in [1.29, 1.82) is 5.41 Å². The highest BCUT2D eigenvalue weighted by atomic mass is 35.5. The summed E-state index contributed by atoms with van der Waals surface area (Å²) in [5, 5.41) is 9.94. The van der Waals surface area contributed by atoms with Gasteiger partial charge < -0.3 is 21.3 Å². The molecule has 1 saturated heterocycles. The number of rotatable bonds is 9.